The van der Waals surface area contributed by atoms with Gasteiger partial charge in [0.1, 0.15) is 18.2 Å². The number of carbonyl (C=O) groups excluding carboxylic acids is 3. The van der Waals surface area contributed by atoms with Gasteiger partial charge < -0.3 is 20.6 Å². The van der Waals surface area contributed by atoms with Crippen LogP contribution in [-0.2, 0) is 27.6 Å². The van der Waals surface area contributed by atoms with Gasteiger partial charge in [-0.25, -0.2) is 4.68 Å². The molecule has 3 aromatic rings. The molecule has 3 aliphatic heterocycles. The van der Waals surface area contributed by atoms with Crippen LogP contribution >= 0.6 is 11.8 Å². The molecule has 3 amide bonds. The van der Waals surface area contributed by atoms with Gasteiger partial charge in [-0.05, 0) is 43.4 Å². The number of nitrogens with one attached hydrogen (secondary N) is 2. The predicted molar refractivity (Wildman–Crippen MR) is 160 cm³/mol. The molecule has 2 unspecified atom stereocenters. The number of rotatable bonds is 10. The summed E-state index contributed by atoms with van der Waals surface area (Å²) in [5, 5.41) is 25.0. The van der Waals surface area contributed by atoms with Crippen LogP contribution < -0.4 is 10.6 Å². The van der Waals surface area contributed by atoms with E-state index in [1.54, 1.807) is 21.3 Å². The topological polar surface area (TPSA) is 129 Å². The van der Waals surface area contributed by atoms with E-state index in [-0.39, 0.29) is 36.9 Å². The largest absolute Gasteiger partial charge is 0.394 e. The Hall–Kier alpha value is -3.44. The summed E-state index contributed by atoms with van der Waals surface area (Å²) in [6.45, 7) is 6.27. The second kappa shape index (κ2) is 11.0. The molecule has 1 spiro atoms. The Kier molecular flexibility index (Phi) is 7.51. The number of aliphatic hydroxyl groups is 1. The SMILES string of the molecule is CC[C@H](C)[C@H](CO)N1C(=O)[C@@H]2[C@@H](C(=O)NCc3ccccc3)[C@@]3(C)CCC2(S3)C1C(=O)NCn1nnc2ccccc21. The van der Waals surface area contributed by atoms with Crippen molar-refractivity contribution in [1.29, 1.82) is 0 Å². The number of hydrogen-bond acceptors (Lipinski definition) is 7. The van der Waals surface area contributed by atoms with Gasteiger partial charge in [0, 0.05) is 11.3 Å². The molecule has 1 aromatic heterocycles. The maximum Gasteiger partial charge on any atom is 0.245 e. The van der Waals surface area contributed by atoms with E-state index in [0.29, 0.717) is 13.0 Å². The zero-order valence-electron chi connectivity index (χ0n) is 24.2. The minimum Gasteiger partial charge on any atom is -0.394 e. The highest BCUT2D eigenvalue weighted by atomic mass is 32.2. The van der Waals surface area contributed by atoms with Crippen LogP contribution in [-0.4, -0.2) is 70.9 Å². The number of thioether (sulfide) groups is 1. The van der Waals surface area contributed by atoms with Crippen LogP contribution in [0.4, 0.5) is 0 Å². The fraction of sp³-hybridized carbons (Fsp3) is 0.516. The third-order valence-corrected chi connectivity index (χ3v) is 11.7. The van der Waals surface area contributed by atoms with E-state index in [9.17, 15) is 19.5 Å². The molecule has 222 valence electrons. The zero-order valence-corrected chi connectivity index (χ0v) is 25.0. The van der Waals surface area contributed by atoms with Crippen molar-refractivity contribution in [3.8, 4) is 0 Å². The highest BCUT2D eigenvalue weighted by molar-refractivity contribution is 8.02. The highest BCUT2D eigenvalue weighted by Crippen LogP contribution is 2.71. The summed E-state index contributed by atoms with van der Waals surface area (Å²) in [7, 11) is 0. The van der Waals surface area contributed by atoms with Crippen molar-refractivity contribution < 1.29 is 19.5 Å². The Bertz CT molecular complexity index is 1500. The molecule has 42 heavy (non-hydrogen) atoms. The fourth-order valence-corrected chi connectivity index (χ4v) is 9.76. The summed E-state index contributed by atoms with van der Waals surface area (Å²) >= 11 is 1.63. The number of amides is 3. The van der Waals surface area contributed by atoms with Crippen molar-refractivity contribution in [1.82, 2.24) is 30.5 Å². The van der Waals surface area contributed by atoms with E-state index in [4.69, 9.17) is 0 Å². The first-order valence-corrected chi connectivity index (χ1v) is 15.6. The molecule has 6 rings (SSSR count). The molecule has 3 saturated heterocycles. The Balaban J connectivity index is 1.32. The van der Waals surface area contributed by atoms with Gasteiger partial charge in [-0.3, -0.25) is 14.4 Å². The summed E-state index contributed by atoms with van der Waals surface area (Å²) in [6.07, 6.45) is 2.10. The van der Waals surface area contributed by atoms with Gasteiger partial charge in [-0.2, -0.15) is 0 Å². The van der Waals surface area contributed by atoms with Crippen LogP contribution in [0.1, 0.15) is 45.6 Å². The minimum absolute atomic E-state index is 0.0353. The molecule has 0 aliphatic carbocycles. The summed E-state index contributed by atoms with van der Waals surface area (Å²) in [5.41, 5.74) is 2.50. The summed E-state index contributed by atoms with van der Waals surface area (Å²) in [4.78, 5) is 44.2. The average molecular weight is 591 g/mol. The Morgan fingerprint density at radius 1 is 1.10 bits per heavy atom. The molecule has 2 bridgehead atoms. The van der Waals surface area contributed by atoms with E-state index in [2.05, 4.69) is 27.9 Å². The van der Waals surface area contributed by atoms with E-state index in [1.165, 1.54) is 0 Å². The maximum absolute atomic E-state index is 14.5. The van der Waals surface area contributed by atoms with Gasteiger partial charge >= 0.3 is 0 Å². The fourth-order valence-electron chi connectivity index (χ4n) is 7.41. The third-order valence-electron chi connectivity index (χ3n) is 9.72. The van der Waals surface area contributed by atoms with Gasteiger partial charge in [-0.15, -0.1) is 16.9 Å². The van der Waals surface area contributed by atoms with Crippen LogP contribution in [0.5, 0.6) is 0 Å². The quantitative estimate of drug-likeness (QED) is 0.331. The number of carbonyl (C=O) groups is 3. The lowest BCUT2D eigenvalue weighted by Gasteiger charge is -2.39. The van der Waals surface area contributed by atoms with Crippen molar-refractivity contribution in [3.63, 3.8) is 0 Å². The Labute approximate surface area is 249 Å². The number of fused-ring (bicyclic) bond motifs is 2. The van der Waals surface area contributed by atoms with Gasteiger partial charge in [0.15, 0.2) is 0 Å². The predicted octanol–water partition coefficient (Wildman–Crippen LogP) is 2.71. The normalized spacial score (nSPS) is 29.5. The first-order chi connectivity index (χ1) is 20.2. The standard InChI is InChI=1S/C31H38N6O4S/c1-4-19(2)23(17-38)37-26(28(40)33-18-36-22-13-9-8-12-21(22)34-35-36)31-15-14-30(3,42-31)24(25(31)29(37)41)27(39)32-16-20-10-6-5-7-11-20/h5-13,19,23-26,38H,4,14-18H2,1-3H3,(H,32,39)(H,33,40)/t19-,23-,24-,25-,26?,30+,31?/m0/s1. The summed E-state index contributed by atoms with van der Waals surface area (Å²) < 4.78 is 0.386. The lowest BCUT2D eigenvalue weighted by Crippen LogP contribution is -2.58. The molecular weight excluding hydrogens is 552 g/mol. The lowest BCUT2D eigenvalue weighted by atomic mass is 9.66. The second-order valence-corrected chi connectivity index (χ2v) is 14.0. The van der Waals surface area contributed by atoms with Crippen LogP contribution in [0.15, 0.2) is 54.6 Å². The van der Waals surface area contributed by atoms with E-state index < -0.39 is 33.4 Å². The van der Waals surface area contributed by atoms with Crippen molar-refractivity contribution in [2.45, 2.75) is 74.8 Å². The maximum atomic E-state index is 14.5. The summed E-state index contributed by atoms with van der Waals surface area (Å²) in [5.74, 6) is -1.94. The van der Waals surface area contributed by atoms with Crippen molar-refractivity contribution in [3.05, 3.63) is 60.2 Å². The number of hydrogen-bond donors (Lipinski definition) is 3. The van der Waals surface area contributed by atoms with Crippen molar-refractivity contribution in [2.24, 2.45) is 17.8 Å². The number of nitrogens with zero attached hydrogens (tertiary/aromatic N) is 4. The van der Waals surface area contributed by atoms with E-state index in [0.717, 1.165) is 29.4 Å². The molecule has 3 fully saturated rings. The zero-order chi connectivity index (χ0) is 29.6. The van der Waals surface area contributed by atoms with Gasteiger partial charge in [0.25, 0.3) is 0 Å². The van der Waals surface area contributed by atoms with Crippen LogP contribution in [0.25, 0.3) is 11.0 Å². The molecule has 0 radical (unpaired) electrons. The Morgan fingerprint density at radius 2 is 1.83 bits per heavy atom. The van der Waals surface area contributed by atoms with E-state index >= 15 is 0 Å². The van der Waals surface area contributed by atoms with Crippen molar-refractivity contribution >= 4 is 40.5 Å². The average Bonchev–Trinajstić information content (AvgIpc) is 3.71. The first-order valence-electron chi connectivity index (χ1n) is 14.7. The monoisotopic (exact) mass is 590 g/mol. The van der Waals surface area contributed by atoms with Crippen molar-refractivity contribution in [2.75, 3.05) is 6.61 Å². The molecule has 11 heteroatoms. The first kappa shape index (κ1) is 28.7. The summed E-state index contributed by atoms with van der Waals surface area (Å²) in [6, 6.07) is 15.9. The number of aliphatic hydroxyl groups excluding tert-OH is 1. The van der Waals surface area contributed by atoms with Crippen LogP contribution in [0.3, 0.4) is 0 Å². The molecular formula is C31H38N6O4S. The molecule has 10 nitrogen and oxygen atoms in total. The highest BCUT2D eigenvalue weighted by Gasteiger charge is 2.77. The smallest absolute Gasteiger partial charge is 0.245 e. The number of aromatic nitrogens is 3. The minimum atomic E-state index is -0.824. The second-order valence-electron chi connectivity index (χ2n) is 12.1. The van der Waals surface area contributed by atoms with E-state index in [1.807, 2.05) is 68.4 Å². The Morgan fingerprint density at radius 3 is 2.57 bits per heavy atom. The van der Waals surface area contributed by atoms with Gasteiger partial charge in [-0.1, -0.05) is 67.9 Å². The number of para-hydroxylation sites is 1. The molecule has 2 aromatic carbocycles. The van der Waals surface area contributed by atoms with Crippen LogP contribution in [0.2, 0.25) is 0 Å². The molecule has 4 heterocycles. The van der Waals surface area contributed by atoms with Gasteiger partial charge in [0.2, 0.25) is 17.7 Å². The number of benzene rings is 2. The molecule has 7 atom stereocenters. The molecule has 0 saturated carbocycles. The number of likely N-dealkylation sites (tertiary alicyclic amines) is 1. The van der Waals surface area contributed by atoms with Gasteiger partial charge in [0.05, 0.1) is 34.7 Å². The molecule has 3 N–H and O–H groups in total. The molecule has 3 aliphatic rings. The third kappa shape index (κ3) is 4.48. The lowest BCUT2D eigenvalue weighted by molar-refractivity contribution is -0.144. The van der Waals surface area contributed by atoms with Crippen LogP contribution in [0, 0.1) is 17.8 Å².